The second-order valence-corrected chi connectivity index (χ2v) is 8.97. The minimum Gasteiger partial charge on any atom is -0.357 e. The van der Waals surface area contributed by atoms with E-state index in [1.165, 1.54) is 44.4 Å². The Morgan fingerprint density at radius 2 is 2.11 bits per heavy atom. The lowest BCUT2D eigenvalue weighted by molar-refractivity contribution is 0.309. The van der Waals surface area contributed by atoms with E-state index in [4.69, 9.17) is 0 Å². The van der Waals surface area contributed by atoms with Gasteiger partial charge in [0.15, 0.2) is 5.96 Å². The third kappa shape index (κ3) is 5.77. The summed E-state index contributed by atoms with van der Waals surface area (Å²) in [6.45, 7) is 5.65. The van der Waals surface area contributed by atoms with Crippen molar-refractivity contribution in [2.45, 2.75) is 43.9 Å². The number of pyridine rings is 1. The normalized spacial score (nSPS) is 19.3. The minimum absolute atomic E-state index is 0. The molecule has 2 N–H and O–H groups in total. The van der Waals surface area contributed by atoms with E-state index in [2.05, 4.69) is 31.8 Å². The third-order valence-electron chi connectivity index (χ3n) is 5.35. The van der Waals surface area contributed by atoms with Crippen molar-refractivity contribution in [3.8, 4) is 0 Å². The van der Waals surface area contributed by atoms with Gasteiger partial charge in [-0.15, -0.1) is 24.0 Å². The number of aromatic nitrogens is 1. The van der Waals surface area contributed by atoms with Crippen LogP contribution in [0.1, 0.15) is 39.0 Å². The van der Waals surface area contributed by atoms with Gasteiger partial charge in [0.1, 0.15) is 4.90 Å². The van der Waals surface area contributed by atoms with E-state index in [0.717, 1.165) is 25.6 Å². The van der Waals surface area contributed by atoms with E-state index in [1.807, 2.05) is 0 Å². The maximum Gasteiger partial charge on any atom is 0.242 e. The lowest BCUT2D eigenvalue weighted by atomic mass is 9.86. The summed E-state index contributed by atoms with van der Waals surface area (Å²) in [5, 5.41) is 3.35. The zero-order valence-electron chi connectivity index (χ0n) is 15.9. The number of aliphatic imine (C=N–C) groups is 1. The SMILES string of the molecule is CCNC(=NCCNS(=O)(=O)c1cccnc1)N1CCC2(CCCC2)C1.I. The fourth-order valence-corrected chi connectivity index (χ4v) is 4.99. The highest BCUT2D eigenvalue weighted by atomic mass is 127. The van der Waals surface area contributed by atoms with Crippen molar-refractivity contribution in [1.29, 1.82) is 0 Å². The highest BCUT2D eigenvalue weighted by molar-refractivity contribution is 14.0. The molecule has 9 heteroatoms. The molecular weight excluding hydrogens is 477 g/mol. The molecule has 1 spiro atoms. The number of rotatable bonds is 6. The molecule has 27 heavy (non-hydrogen) atoms. The van der Waals surface area contributed by atoms with Crippen LogP contribution in [0.15, 0.2) is 34.4 Å². The summed E-state index contributed by atoms with van der Waals surface area (Å²) < 4.78 is 27.0. The van der Waals surface area contributed by atoms with Crippen LogP contribution in [0.3, 0.4) is 0 Å². The Labute approximate surface area is 179 Å². The van der Waals surface area contributed by atoms with Gasteiger partial charge < -0.3 is 10.2 Å². The van der Waals surface area contributed by atoms with E-state index in [0.29, 0.717) is 12.0 Å². The average Bonchev–Trinajstić information content (AvgIpc) is 3.28. The molecule has 1 saturated heterocycles. The molecule has 2 aliphatic rings. The zero-order chi connectivity index (χ0) is 18.5. The Bertz CT molecular complexity index is 721. The first-order valence-electron chi connectivity index (χ1n) is 9.48. The van der Waals surface area contributed by atoms with Gasteiger partial charge in [0.05, 0.1) is 6.54 Å². The second-order valence-electron chi connectivity index (χ2n) is 7.20. The number of halogens is 1. The fourth-order valence-electron chi connectivity index (χ4n) is 4.01. The second kappa shape index (κ2) is 10.0. The van der Waals surface area contributed by atoms with Crippen LogP contribution in [0.2, 0.25) is 0 Å². The Morgan fingerprint density at radius 3 is 2.78 bits per heavy atom. The van der Waals surface area contributed by atoms with Crippen LogP contribution in [0.25, 0.3) is 0 Å². The Kier molecular flexibility index (Phi) is 8.29. The Balaban J connectivity index is 0.00000261. The molecular formula is C18H30IN5O2S. The number of hydrogen-bond donors (Lipinski definition) is 2. The quantitative estimate of drug-likeness (QED) is 0.267. The van der Waals surface area contributed by atoms with Crippen molar-refractivity contribution in [3.63, 3.8) is 0 Å². The highest BCUT2D eigenvalue weighted by Crippen LogP contribution is 2.45. The summed E-state index contributed by atoms with van der Waals surface area (Å²) in [4.78, 5) is 11.0. The molecule has 3 rings (SSSR count). The van der Waals surface area contributed by atoms with Crippen molar-refractivity contribution < 1.29 is 8.42 Å². The summed E-state index contributed by atoms with van der Waals surface area (Å²) in [6.07, 6.45) is 9.49. The predicted molar refractivity (Wildman–Crippen MR) is 118 cm³/mol. The van der Waals surface area contributed by atoms with Gasteiger partial charge in [0.2, 0.25) is 10.0 Å². The third-order valence-corrected chi connectivity index (χ3v) is 6.79. The molecule has 1 saturated carbocycles. The van der Waals surface area contributed by atoms with E-state index in [1.54, 1.807) is 12.3 Å². The van der Waals surface area contributed by atoms with Crippen LogP contribution in [-0.2, 0) is 10.0 Å². The molecule has 0 unspecified atom stereocenters. The van der Waals surface area contributed by atoms with Gasteiger partial charge in [-0.2, -0.15) is 0 Å². The molecule has 0 bridgehead atoms. The van der Waals surface area contributed by atoms with E-state index >= 15 is 0 Å². The number of nitrogens with zero attached hydrogens (tertiary/aromatic N) is 3. The molecule has 1 aliphatic carbocycles. The molecule has 0 radical (unpaired) electrons. The Hall–Kier alpha value is -0.940. The van der Waals surface area contributed by atoms with Crippen LogP contribution in [-0.4, -0.2) is 57.0 Å². The predicted octanol–water partition coefficient (Wildman–Crippen LogP) is 2.21. The number of likely N-dealkylation sites (tertiary alicyclic amines) is 1. The number of hydrogen-bond acceptors (Lipinski definition) is 4. The number of nitrogens with one attached hydrogen (secondary N) is 2. The molecule has 1 aliphatic heterocycles. The lowest BCUT2D eigenvalue weighted by Gasteiger charge is -2.26. The van der Waals surface area contributed by atoms with Crippen LogP contribution in [0.5, 0.6) is 0 Å². The van der Waals surface area contributed by atoms with Crippen LogP contribution in [0, 0.1) is 5.41 Å². The highest BCUT2D eigenvalue weighted by Gasteiger charge is 2.41. The van der Waals surface area contributed by atoms with E-state index in [9.17, 15) is 8.42 Å². The topological polar surface area (TPSA) is 86.7 Å². The number of guanidine groups is 1. The molecule has 2 fully saturated rings. The maximum atomic E-state index is 12.2. The summed E-state index contributed by atoms with van der Waals surface area (Å²) in [7, 11) is -3.52. The van der Waals surface area contributed by atoms with Gasteiger partial charge in [-0.1, -0.05) is 12.8 Å². The van der Waals surface area contributed by atoms with Gasteiger partial charge in [-0.3, -0.25) is 9.98 Å². The van der Waals surface area contributed by atoms with Crippen LogP contribution in [0.4, 0.5) is 0 Å². The fraction of sp³-hybridized carbons (Fsp3) is 0.667. The van der Waals surface area contributed by atoms with Crippen LogP contribution >= 0.6 is 24.0 Å². The molecule has 7 nitrogen and oxygen atoms in total. The van der Waals surface area contributed by atoms with Crippen molar-refractivity contribution in [1.82, 2.24) is 19.9 Å². The minimum atomic E-state index is -3.52. The van der Waals surface area contributed by atoms with Gasteiger partial charge in [-0.05, 0) is 43.7 Å². The molecule has 0 atom stereocenters. The van der Waals surface area contributed by atoms with Crippen molar-refractivity contribution in [2.24, 2.45) is 10.4 Å². The smallest absolute Gasteiger partial charge is 0.242 e. The zero-order valence-corrected chi connectivity index (χ0v) is 19.0. The maximum absolute atomic E-state index is 12.2. The molecule has 0 aromatic carbocycles. The molecule has 0 amide bonds. The molecule has 2 heterocycles. The molecule has 1 aromatic heterocycles. The standard InChI is InChI=1S/C18H29N5O2S.HI/c1-2-20-17(23-13-9-18(15-23)7-3-4-8-18)21-11-12-22-26(24,25)16-6-5-10-19-14-16;/h5-6,10,14,22H,2-4,7-9,11-13,15H2,1H3,(H,20,21);1H. The Morgan fingerprint density at radius 1 is 1.33 bits per heavy atom. The first kappa shape index (κ1) is 22.4. The summed E-state index contributed by atoms with van der Waals surface area (Å²) >= 11 is 0. The monoisotopic (exact) mass is 507 g/mol. The van der Waals surface area contributed by atoms with Gasteiger partial charge in [-0.25, -0.2) is 13.1 Å². The van der Waals surface area contributed by atoms with Crippen molar-refractivity contribution in [3.05, 3.63) is 24.5 Å². The van der Waals surface area contributed by atoms with Gasteiger partial charge in [0.25, 0.3) is 0 Å². The van der Waals surface area contributed by atoms with Crippen LogP contribution < -0.4 is 10.0 Å². The first-order valence-corrected chi connectivity index (χ1v) is 11.0. The lowest BCUT2D eigenvalue weighted by Crippen LogP contribution is -2.41. The van der Waals surface area contributed by atoms with E-state index in [-0.39, 0.29) is 35.4 Å². The summed E-state index contributed by atoms with van der Waals surface area (Å²) in [5.41, 5.74) is 0.484. The van der Waals surface area contributed by atoms with Crippen molar-refractivity contribution >= 4 is 40.0 Å². The van der Waals surface area contributed by atoms with E-state index < -0.39 is 10.0 Å². The summed E-state index contributed by atoms with van der Waals surface area (Å²) in [6, 6.07) is 3.15. The largest absolute Gasteiger partial charge is 0.357 e. The molecule has 152 valence electrons. The number of sulfonamides is 1. The van der Waals surface area contributed by atoms with Gasteiger partial charge >= 0.3 is 0 Å². The van der Waals surface area contributed by atoms with Gasteiger partial charge in [0, 0.05) is 38.6 Å². The molecule has 1 aromatic rings. The van der Waals surface area contributed by atoms with Crippen molar-refractivity contribution in [2.75, 3.05) is 32.7 Å². The average molecular weight is 507 g/mol. The summed E-state index contributed by atoms with van der Waals surface area (Å²) in [5.74, 6) is 0.900. The first-order chi connectivity index (χ1) is 12.5.